The lowest BCUT2D eigenvalue weighted by Crippen LogP contribution is -2.17. The number of hydrogen-bond donors (Lipinski definition) is 1. The molecule has 2 aromatic carbocycles. The average molecular weight is 386 g/mol. The standard InChI is InChI=1S/C16H12F3NO2.C5H5N/c17-16(18,19)22-13-8-6-12(7-9-13)14(10-15(20)21)11-4-2-1-3-5-11;1-2-4-6-5-3-1/h1-10H,(H2,20,21);1-5H/b14-10+;. The molecule has 0 saturated heterocycles. The first kappa shape index (κ1) is 20.7. The zero-order valence-corrected chi connectivity index (χ0v) is 14.6. The minimum atomic E-state index is -4.74. The average Bonchev–Trinajstić information content (AvgIpc) is 2.68. The number of carbonyl (C=O) groups excluding carboxylic acids is 1. The van der Waals surface area contributed by atoms with Gasteiger partial charge >= 0.3 is 6.36 Å². The number of aromatic nitrogens is 1. The van der Waals surface area contributed by atoms with Crippen LogP contribution in [-0.2, 0) is 4.79 Å². The molecule has 1 heterocycles. The molecule has 3 rings (SSSR count). The highest BCUT2D eigenvalue weighted by molar-refractivity contribution is 5.98. The molecule has 0 aliphatic carbocycles. The van der Waals surface area contributed by atoms with E-state index < -0.39 is 12.3 Å². The van der Waals surface area contributed by atoms with Crippen LogP contribution in [-0.4, -0.2) is 17.3 Å². The fourth-order valence-electron chi connectivity index (χ4n) is 2.24. The summed E-state index contributed by atoms with van der Waals surface area (Å²) in [7, 11) is 0. The molecular formula is C21H17F3N2O2. The number of rotatable bonds is 4. The largest absolute Gasteiger partial charge is 0.573 e. The second kappa shape index (κ2) is 9.91. The van der Waals surface area contributed by atoms with Crippen LogP contribution in [0, 0.1) is 0 Å². The van der Waals surface area contributed by atoms with Gasteiger partial charge in [-0.25, -0.2) is 0 Å². The lowest BCUT2D eigenvalue weighted by molar-refractivity contribution is -0.274. The lowest BCUT2D eigenvalue weighted by Gasteiger charge is -2.11. The van der Waals surface area contributed by atoms with Crippen molar-refractivity contribution >= 4 is 11.5 Å². The highest BCUT2D eigenvalue weighted by atomic mass is 19.4. The number of hydrogen-bond acceptors (Lipinski definition) is 3. The Labute approximate surface area is 160 Å². The molecule has 0 unspecified atom stereocenters. The Morgan fingerprint density at radius 1 is 0.857 bits per heavy atom. The predicted octanol–water partition coefficient (Wildman–Crippen LogP) is 4.58. The number of nitrogens with two attached hydrogens (primary N) is 1. The minimum Gasteiger partial charge on any atom is -0.406 e. The molecule has 3 aromatic rings. The SMILES string of the molecule is NC(=O)/C=C(\c1ccccc1)c1ccc(OC(F)(F)F)cc1.c1ccncc1. The molecule has 1 aromatic heterocycles. The molecule has 0 radical (unpaired) electrons. The summed E-state index contributed by atoms with van der Waals surface area (Å²) < 4.78 is 40.2. The van der Waals surface area contributed by atoms with Crippen molar-refractivity contribution in [2.24, 2.45) is 5.73 Å². The van der Waals surface area contributed by atoms with Crippen LogP contribution < -0.4 is 10.5 Å². The lowest BCUT2D eigenvalue weighted by atomic mass is 9.97. The molecule has 144 valence electrons. The maximum Gasteiger partial charge on any atom is 0.573 e. The number of nitrogens with zero attached hydrogens (tertiary/aromatic N) is 1. The highest BCUT2D eigenvalue weighted by Crippen LogP contribution is 2.27. The molecule has 0 spiro atoms. The van der Waals surface area contributed by atoms with E-state index in [-0.39, 0.29) is 5.75 Å². The van der Waals surface area contributed by atoms with Gasteiger partial charge in [-0.2, -0.15) is 0 Å². The van der Waals surface area contributed by atoms with Crippen LogP contribution in [0.25, 0.3) is 5.57 Å². The molecule has 4 nitrogen and oxygen atoms in total. The van der Waals surface area contributed by atoms with E-state index in [0.717, 1.165) is 5.56 Å². The first-order valence-corrected chi connectivity index (χ1v) is 8.13. The van der Waals surface area contributed by atoms with Crippen molar-refractivity contribution in [3.8, 4) is 5.75 Å². The van der Waals surface area contributed by atoms with Gasteiger partial charge in [0.15, 0.2) is 0 Å². The van der Waals surface area contributed by atoms with E-state index in [2.05, 4.69) is 9.72 Å². The number of ether oxygens (including phenoxy) is 1. The molecule has 0 saturated carbocycles. The molecular weight excluding hydrogens is 369 g/mol. The normalized spacial score (nSPS) is 11.2. The van der Waals surface area contributed by atoms with Gasteiger partial charge in [0.25, 0.3) is 0 Å². The van der Waals surface area contributed by atoms with Crippen LogP contribution in [0.1, 0.15) is 11.1 Å². The van der Waals surface area contributed by atoms with Gasteiger partial charge in [0.1, 0.15) is 5.75 Å². The molecule has 0 aliphatic heterocycles. The van der Waals surface area contributed by atoms with Crippen LogP contribution in [0.3, 0.4) is 0 Å². The number of pyridine rings is 1. The summed E-state index contributed by atoms with van der Waals surface area (Å²) in [6.45, 7) is 0. The molecule has 0 fully saturated rings. The van der Waals surface area contributed by atoms with Crippen molar-refractivity contribution in [1.29, 1.82) is 0 Å². The predicted molar refractivity (Wildman–Crippen MR) is 100 cm³/mol. The molecule has 0 aliphatic rings. The van der Waals surface area contributed by atoms with Gasteiger partial charge in [0, 0.05) is 18.5 Å². The summed E-state index contributed by atoms with van der Waals surface area (Å²) in [5.41, 5.74) is 7.00. The first-order chi connectivity index (χ1) is 13.3. The number of amides is 1. The summed E-state index contributed by atoms with van der Waals surface area (Å²) in [6.07, 6.45) is -0.0121. The Morgan fingerprint density at radius 2 is 1.39 bits per heavy atom. The smallest absolute Gasteiger partial charge is 0.406 e. The summed E-state index contributed by atoms with van der Waals surface area (Å²) in [4.78, 5) is 15.0. The Bertz CT molecular complexity index is 868. The van der Waals surface area contributed by atoms with Crippen molar-refractivity contribution in [3.63, 3.8) is 0 Å². The van der Waals surface area contributed by atoms with Gasteiger partial charge in [-0.3, -0.25) is 9.78 Å². The zero-order valence-electron chi connectivity index (χ0n) is 14.6. The molecule has 1 amide bonds. The van der Waals surface area contributed by atoms with Crippen LogP contribution in [0.2, 0.25) is 0 Å². The summed E-state index contributed by atoms with van der Waals surface area (Å²) >= 11 is 0. The number of carbonyl (C=O) groups is 1. The maximum atomic E-state index is 12.1. The monoisotopic (exact) mass is 386 g/mol. The maximum absolute atomic E-state index is 12.1. The number of benzene rings is 2. The molecule has 28 heavy (non-hydrogen) atoms. The summed E-state index contributed by atoms with van der Waals surface area (Å²) in [5, 5.41) is 0. The van der Waals surface area contributed by atoms with Crippen LogP contribution in [0.15, 0.2) is 91.3 Å². The highest BCUT2D eigenvalue weighted by Gasteiger charge is 2.31. The van der Waals surface area contributed by atoms with Gasteiger partial charge in [-0.05, 0) is 41.0 Å². The number of alkyl halides is 3. The third-order valence-electron chi connectivity index (χ3n) is 3.34. The third-order valence-corrected chi connectivity index (χ3v) is 3.34. The van der Waals surface area contributed by atoms with E-state index in [0.29, 0.717) is 11.1 Å². The third kappa shape index (κ3) is 7.33. The Hall–Kier alpha value is -3.61. The first-order valence-electron chi connectivity index (χ1n) is 8.13. The molecule has 0 atom stereocenters. The summed E-state index contributed by atoms with van der Waals surface area (Å²) in [5.74, 6) is -0.975. The number of primary amides is 1. The Balaban J connectivity index is 0.000000397. The Kier molecular flexibility index (Phi) is 7.33. The van der Waals surface area contributed by atoms with E-state index >= 15 is 0 Å². The second-order valence-corrected chi connectivity index (χ2v) is 5.42. The van der Waals surface area contributed by atoms with Crippen molar-refractivity contribution in [3.05, 3.63) is 102 Å². The van der Waals surface area contributed by atoms with Gasteiger partial charge < -0.3 is 10.5 Å². The van der Waals surface area contributed by atoms with Crippen molar-refractivity contribution in [2.75, 3.05) is 0 Å². The quantitative estimate of drug-likeness (QED) is 0.668. The number of halogens is 3. The minimum absolute atomic E-state index is 0.331. The van der Waals surface area contributed by atoms with Crippen molar-refractivity contribution in [1.82, 2.24) is 4.98 Å². The van der Waals surface area contributed by atoms with E-state index in [9.17, 15) is 18.0 Å². The molecule has 0 bridgehead atoms. The second-order valence-electron chi connectivity index (χ2n) is 5.42. The van der Waals surface area contributed by atoms with Crippen molar-refractivity contribution in [2.45, 2.75) is 6.36 Å². The van der Waals surface area contributed by atoms with E-state index in [4.69, 9.17) is 5.73 Å². The van der Waals surface area contributed by atoms with Crippen LogP contribution in [0.5, 0.6) is 5.75 Å². The van der Waals surface area contributed by atoms with Gasteiger partial charge in [0.2, 0.25) is 5.91 Å². The van der Waals surface area contributed by atoms with E-state index in [1.165, 1.54) is 30.3 Å². The molecule has 2 N–H and O–H groups in total. The van der Waals surface area contributed by atoms with E-state index in [1.54, 1.807) is 36.7 Å². The van der Waals surface area contributed by atoms with Gasteiger partial charge in [-0.1, -0.05) is 48.5 Å². The fourth-order valence-corrected chi connectivity index (χ4v) is 2.24. The molecule has 7 heteroatoms. The fraction of sp³-hybridized carbons (Fsp3) is 0.0476. The van der Waals surface area contributed by atoms with Gasteiger partial charge in [0.05, 0.1) is 0 Å². The summed E-state index contributed by atoms with van der Waals surface area (Å²) in [6, 6.07) is 19.9. The Morgan fingerprint density at radius 3 is 1.82 bits per heavy atom. The topological polar surface area (TPSA) is 65.2 Å². The van der Waals surface area contributed by atoms with Crippen LogP contribution in [0.4, 0.5) is 13.2 Å². The van der Waals surface area contributed by atoms with Gasteiger partial charge in [-0.15, -0.1) is 13.2 Å². The van der Waals surface area contributed by atoms with Crippen molar-refractivity contribution < 1.29 is 22.7 Å². The zero-order chi connectivity index (χ0) is 20.4. The van der Waals surface area contributed by atoms with E-state index in [1.807, 2.05) is 24.3 Å². The van der Waals surface area contributed by atoms with Crippen LogP contribution >= 0.6 is 0 Å².